The Balaban J connectivity index is 1.43. The third kappa shape index (κ3) is 3.64. The number of rotatable bonds is 4. The van der Waals surface area contributed by atoms with Crippen LogP contribution in [0, 0.1) is 11.7 Å². The number of piperidine rings is 1. The summed E-state index contributed by atoms with van der Waals surface area (Å²) in [6, 6.07) is 9.61. The fourth-order valence-electron chi connectivity index (χ4n) is 3.30. The Kier molecular flexibility index (Phi) is 4.49. The van der Waals surface area contributed by atoms with Crippen molar-refractivity contribution in [3.05, 3.63) is 48.0 Å². The van der Waals surface area contributed by atoms with Gasteiger partial charge in [0.05, 0.1) is 5.92 Å². The molecule has 5 nitrogen and oxygen atoms in total. The number of furan rings is 1. The van der Waals surface area contributed by atoms with Crippen molar-refractivity contribution in [2.45, 2.75) is 31.7 Å². The molecule has 2 fully saturated rings. The number of hydrogen-bond acceptors (Lipinski definition) is 3. The topological polar surface area (TPSA) is 62.6 Å². The normalized spacial score (nSPS) is 20.0. The van der Waals surface area contributed by atoms with Crippen molar-refractivity contribution in [3.63, 3.8) is 0 Å². The molecule has 1 aromatic carbocycles. The van der Waals surface area contributed by atoms with E-state index in [2.05, 4.69) is 5.32 Å². The van der Waals surface area contributed by atoms with Crippen LogP contribution < -0.4 is 5.32 Å². The molecule has 1 atom stereocenters. The Hall–Kier alpha value is -2.63. The van der Waals surface area contributed by atoms with Gasteiger partial charge in [0.2, 0.25) is 5.91 Å². The van der Waals surface area contributed by atoms with Crippen LogP contribution >= 0.6 is 0 Å². The smallest absolute Gasteiger partial charge is 0.289 e. The molecule has 1 unspecified atom stereocenters. The van der Waals surface area contributed by atoms with Crippen LogP contribution in [0.3, 0.4) is 0 Å². The van der Waals surface area contributed by atoms with Gasteiger partial charge in [-0.15, -0.1) is 0 Å². The van der Waals surface area contributed by atoms with Crippen molar-refractivity contribution in [2.75, 3.05) is 13.1 Å². The number of likely N-dealkylation sites (tertiary alicyclic amines) is 1. The number of halogens is 1. The molecule has 0 radical (unpaired) electrons. The summed E-state index contributed by atoms with van der Waals surface area (Å²) in [7, 11) is 0. The molecule has 4 rings (SSSR count). The van der Waals surface area contributed by atoms with E-state index in [4.69, 9.17) is 4.42 Å². The molecule has 2 heterocycles. The van der Waals surface area contributed by atoms with Crippen molar-refractivity contribution in [2.24, 2.45) is 5.92 Å². The Morgan fingerprint density at radius 3 is 2.58 bits per heavy atom. The van der Waals surface area contributed by atoms with Crippen LogP contribution in [0.25, 0.3) is 11.3 Å². The minimum Gasteiger partial charge on any atom is -0.451 e. The summed E-state index contributed by atoms with van der Waals surface area (Å²) in [5.74, 6) is 0.139. The minimum absolute atomic E-state index is 0.0523. The maximum Gasteiger partial charge on any atom is 0.289 e. The third-order valence-electron chi connectivity index (χ3n) is 4.95. The van der Waals surface area contributed by atoms with E-state index in [1.807, 2.05) is 0 Å². The van der Waals surface area contributed by atoms with Gasteiger partial charge in [-0.1, -0.05) is 0 Å². The maximum atomic E-state index is 13.0. The first-order chi connectivity index (χ1) is 12.6. The second kappa shape index (κ2) is 6.94. The van der Waals surface area contributed by atoms with Gasteiger partial charge in [-0.25, -0.2) is 4.39 Å². The highest BCUT2D eigenvalue weighted by Gasteiger charge is 2.32. The molecule has 1 aliphatic carbocycles. The number of nitrogens with zero attached hydrogens (tertiary/aromatic N) is 1. The fraction of sp³-hybridized carbons (Fsp3) is 0.400. The van der Waals surface area contributed by atoms with Gasteiger partial charge in [0.1, 0.15) is 11.6 Å². The molecule has 1 aliphatic heterocycles. The van der Waals surface area contributed by atoms with Crippen LogP contribution in [-0.4, -0.2) is 35.8 Å². The lowest BCUT2D eigenvalue weighted by atomic mass is 9.97. The molecular formula is C20H21FN2O3. The van der Waals surface area contributed by atoms with E-state index >= 15 is 0 Å². The van der Waals surface area contributed by atoms with Crippen LogP contribution in [0.1, 0.15) is 36.2 Å². The largest absolute Gasteiger partial charge is 0.451 e. The molecule has 2 aliphatic rings. The Bertz CT molecular complexity index is 811. The van der Waals surface area contributed by atoms with Gasteiger partial charge < -0.3 is 14.6 Å². The monoisotopic (exact) mass is 356 g/mol. The zero-order chi connectivity index (χ0) is 18.1. The number of hydrogen-bond donors (Lipinski definition) is 1. The molecule has 0 spiro atoms. The summed E-state index contributed by atoms with van der Waals surface area (Å²) in [5.41, 5.74) is 0.714. The summed E-state index contributed by atoms with van der Waals surface area (Å²) in [6.45, 7) is 1.04. The van der Waals surface area contributed by atoms with Crippen molar-refractivity contribution in [1.82, 2.24) is 10.2 Å². The molecule has 1 N–H and O–H groups in total. The van der Waals surface area contributed by atoms with E-state index < -0.39 is 0 Å². The average Bonchev–Trinajstić information content (AvgIpc) is 3.34. The number of nitrogens with one attached hydrogen (secondary N) is 1. The van der Waals surface area contributed by atoms with Gasteiger partial charge in [-0.2, -0.15) is 0 Å². The third-order valence-corrected chi connectivity index (χ3v) is 4.95. The summed E-state index contributed by atoms with van der Waals surface area (Å²) < 4.78 is 18.7. The van der Waals surface area contributed by atoms with Crippen LogP contribution in [0.5, 0.6) is 0 Å². The Morgan fingerprint density at radius 2 is 1.85 bits per heavy atom. The lowest BCUT2D eigenvalue weighted by Gasteiger charge is -2.31. The first kappa shape index (κ1) is 16.8. The van der Waals surface area contributed by atoms with E-state index in [1.54, 1.807) is 29.2 Å². The Labute approximate surface area is 151 Å². The summed E-state index contributed by atoms with van der Waals surface area (Å²) >= 11 is 0. The Morgan fingerprint density at radius 1 is 1.08 bits per heavy atom. The predicted molar refractivity (Wildman–Crippen MR) is 93.9 cm³/mol. The van der Waals surface area contributed by atoms with Gasteiger partial charge in [-0.3, -0.25) is 9.59 Å². The molecule has 0 bridgehead atoms. The summed E-state index contributed by atoms with van der Waals surface area (Å²) in [5, 5.41) is 3.02. The molecule has 136 valence electrons. The highest BCUT2D eigenvalue weighted by atomic mass is 19.1. The van der Waals surface area contributed by atoms with Crippen molar-refractivity contribution in [3.8, 4) is 11.3 Å². The predicted octanol–water partition coefficient (Wildman–Crippen LogP) is 3.22. The van der Waals surface area contributed by atoms with E-state index in [1.165, 1.54) is 12.1 Å². The van der Waals surface area contributed by atoms with Crippen LogP contribution in [0.15, 0.2) is 40.8 Å². The quantitative estimate of drug-likeness (QED) is 0.915. The number of amides is 2. The van der Waals surface area contributed by atoms with Crippen LogP contribution in [0.2, 0.25) is 0 Å². The van der Waals surface area contributed by atoms with Gasteiger partial charge in [0, 0.05) is 24.7 Å². The van der Waals surface area contributed by atoms with Crippen LogP contribution in [-0.2, 0) is 4.79 Å². The lowest BCUT2D eigenvalue weighted by Crippen LogP contribution is -2.45. The molecule has 1 aromatic heterocycles. The summed E-state index contributed by atoms with van der Waals surface area (Å²) in [6.07, 6.45) is 3.72. The standard InChI is InChI=1S/C20H21FN2O3/c21-15-5-3-13(4-6-15)17-9-10-18(26-17)20(25)23-11-1-2-14(12-23)19(24)22-16-7-8-16/h3-6,9-10,14,16H,1-2,7-8,11-12H2,(H,22,24). The first-order valence-electron chi connectivity index (χ1n) is 9.05. The van der Waals surface area contributed by atoms with Crippen molar-refractivity contribution < 1.29 is 18.4 Å². The van der Waals surface area contributed by atoms with E-state index in [9.17, 15) is 14.0 Å². The fourth-order valence-corrected chi connectivity index (χ4v) is 3.30. The number of carbonyl (C=O) groups excluding carboxylic acids is 2. The zero-order valence-corrected chi connectivity index (χ0v) is 14.4. The molecular weight excluding hydrogens is 335 g/mol. The highest BCUT2D eigenvalue weighted by Crippen LogP contribution is 2.26. The van der Waals surface area contributed by atoms with Gasteiger partial charge in [0.15, 0.2) is 5.76 Å². The van der Waals surface area contributed by atoms with Crippen LogP contribution in [0.4, 0.5) is 4.39 Å². The molecule has 6 heteroatoms. The lowest BCUT2D eigenvalue weighted by molar-refractivity contribution is -0.126. The van der Waals surface area contributed by atoms with E-state index in [0.717, 1.165) is 25.7 Å². The molecule has 1 saturated heterocycles. The number of carbonyl (C=O) groups is 2. The van der Waals surface area contributed by atoms with Gasteiger partial charge in [0.25, 0.3) is 5.91 Å². The van der Waals surface area contributed by atoms with Crippen molar-refractivity contribution in [1.29, 1.82) is 0 Å². The molecule has 1 saturated carbocycles. The second-order valence-electron chi connectivity index (χ2n) is 7.04. The highest BCUT2D eigenvalue weighted by molar-refractivity contribution is 5.92. The number of benzene rings is 1. The molecule has 2 amide bonds. The van der Waals surface area contributed by atoms with E-state index in [-0.39, 0.29) is 29.3 Å². The average molecular weight is 356 g/mol. The van der Waals surface area contributed by atoms with Gasteiger partial charge >= 0.3 is 0 Å². The van der Waals surface area contributed by atoms with E-state index in [0.29, 0.717) is 30.5 Å². The van der Waals surface area contributed by atoms with Gasteiger partial charge in [-0.05, 0) is 62.1 Å². The maximum absolute atomic E-state index is 13.0. The zero-order valence-electron chi connectivity index (χ0n) is 14.4. The summed E-state index contributed by atoms with van der Waals surface area (Å²) in [4.78, 5) is 26.7. The second-order valence-corrected chi connectivity index (χ2v) is 7.04. The first-order valence-corrected chi connectivity index (χ1v) is 9.05. The minimum atomic E-state index is -0.319. The molecule has 26 heavy (non-hydrogen) atoms. The SMILES string of the molecule is O=C(NC1CC1)C1CCCN(C(=O)c2ccc(-c3ccc(F)cc3)o2)C1. The molecule has 2 aromatic rings. The van der Waals surface area contributed by atoms with Crippen molar-refractivity contribution >= 4 is 11.8 Å².